The molecule has 0 aliphatic heterocycles. The Kier molecular flexibility index (Phi) is 11.6. The summed E-state index contributed by atoms with van der Waals surface area (Å²) in [6.07, 6.45) is 18.7. The summed E-state index contributed by atoms with van der Waals surface area (Å²) >= 11 is 1.39. The number of thioether (sulfide) groups is 1. The lowest BCUT2D eigenvalue weighted by atomic mass is 9.87. The van der Waals surface area contributed by atoms with Crippen LogP contribution in [0.3, 0.4) is 0 Å². The fraction of sp³-hybridized carbons (Fsp3) is 0.842. The van der Waals surface area contributed by atoms with Crippen LogP contribution >= 0.6 is 11.8 Å². The highest BCUT2D eigenvalue weighted by atomic mass is 32.2. The van der Waals surface area contributed by atoms with Crippen molar-refractivity contribution in [1.29, 1.82) is 0 Å². The molecule has 3 heteroatoms. The van der Waals surface area contributed by atoms with Crippen molar-refractivity contribution in [3.05, 3.63) is 11.5 Å². The van der Waals surface area contributed by atoms with E-state index in [2.05, 4.69) is 13.0 Å². The van der Waals surface area contributed by atoms with E-state index in [1.54, 1.807) is 0 Å². The highest BCUT2D eigenvalue weighted by Crippen LogP contribution is 2.38. The zero-order valence-corrected chi connectivity index (χ0v) is 15.1. The molecule has 0 heterocycles. The van der Waals surface area contributed by atoms with Gasteiger partial charge in [-0.05, 0) is 30.1 Å². The smallest absolute Gasteiger partial charge is 0.313 e. The van der Waals surface area contributed by atoms with Crippen molar-refractivity contribution < 1.29 is 9.90 Å². The van der Waals surface area contributed by atoms with Gasteiger partial charge >= 0.3 is 5.97 Å². The number of aliphatic carboxylic acids is 1. The third-order valence-electron chi connectivity index (χ3n) is 4.85. The Labute approximate surface area is 141 Å². The number of carbonyl (C=O) groups is 1. The molecular formula is C19H34O2S. The molecule has 2 atom stereocenters. The zero-order chi connectivity index (χ0) is 16.0. The van der Waals surface area contributed by atoms with E-state index >= 15 is 0 Å². The average molecular weight is 327 g/mol. The predicted octanol–water partition coefficient (Wildman–Crippen LogP) is 6.27. The standard InChI is InChI=1S/C19H34O2S/c1-2-3-4-5-6-7-11-17-13-10-14-18(17)12-8-9-15-22-16-19(20)21/h9,15,17-18H,2-8,10-14,16H2,1H3,(H,20,21)/t17-,18-/m0/s1. The lowest BCUT2D eigenvalue weighted by Crippen LogP contribution is -2.07. The van der Waals surface area contributed by atoms with E-state index in [1.807, 2.05) is 5.41 Å². The number of rotatable bonds is 13. The summed E-state index contributed by atoms with van der Waals surface area (Å²) in [7, 11) is 0. The molecule has 0 aromatic rings. The van der Waals surface area contributed by atoms with Crippen LogP contribution in [0.1, 0.15) is 84.0 Å². The topological polar surface area (TPSA) is 37.3 Å². The van der Waals surface area contributed by atoms with E-state index in [0.29, 0.717) is 0 Å². The van der Waals surface area contributed by atoms with Crippen molar-refractivity contribution in [3.8, 4) is 0 Å². The highest BCUT2D eigenvalue weighted by Gasteiger charge is 2.25. The monoisotopic (exact) mass is 326 g/mol. The first kappa shape index (κ1) is 19.6. The van der Waals surface area contributed by atoms with E-state index in [0.717, 1.165) is 18.3 Å². The maximum Gasteiger partial charge on any atom is 0.313 e. The van der Waals surface area contributed by atoms with Crippen molar-refractivity contribution in [2.24, 2.45) is 11.8 Å². The number of carboxylic acid groups (broad SMARTS) is 1. The summed E-state index contributed by atoms with van der Waals surface area (Å²) in [5.41, 5.74) is 0. The quantitative estimate of drug-likeness (QED) is 0.405. The number of hydrogen-bond donors (Lipinski definition) is 1. The van der Waals surface area contributed by atoms with Gasteiger partial charge in [0.25, 0.3) is 0 Å². The van der Waals surface area contributed by atoms with Gasteiger partial charge in [-0.3, -0.25) is 4.79 Å². The highest BCUT2D eigenvalue weighted by molar-refractivity contribution is 8.02. The van der Waals surface area contributed by atoms with Crippen molar-refractivity contribution in [3.63, 3.8) is 0 Å². The Balaban J connectivity index is 2.06. The van der Waals surface area contributed by atoms with E-state index in [-0.39, 0.29) is 5.75 Å². The van der Waals surface area contributed by atoms with Gasteiger partial charge in [0.1, 0.15) is 0 Å². The molecule has 1 fully saturated rings. The number of allylic oxidation sites excluding steroid dienone is 1. The molecule has 22 heavy (non-hydrogen) atoms. The van der Waals surface area contributed by atoms with Gasteiger partial charge in [-0.1, -0.05) is 77.2 Å². The molecule has 0 spiro atoms. The molecule has 1 saturated carbocycles. The van der Waals surface area contributed by atoms with Crippen LogP contribution in [0, 0.1) is 11.8 Å². The molecule has 128 valence electrons. The lowest BCUT2D eigenvalue weighted by molar-refractivity contribution is -0.133. The molecule has 1 N–H and O–H groups in total. The molecule has 0 aromatic heterocycles. The van der Waals surface area contributed by atoms with Crippen molar-refractivity contribution in [2.75, 3.05) is 5.75 Å². The maximum absolute atomic E-state index is 10.4. The molecule has 0 radical (unpaired) electrons. The van der Waals surface area contributed by atoms with Crippen LogP contribution in [0.15, 0.2) is 11.5 Å². The van der Waals surface area contributed by atoms with Crippen LogP contribution < -0.4 is 0 Å². The molecule has 2 nitrogen and oxygen atoms in total. The van der Waals surface area contributed by atoms with Crippen molar-refractivity contribution in [1.82, 2.24) is 0 Å². The summed E-state index contributed by atoms with van der Waals surface area (Å²) in [6, 6.07) is 0. The molecule has 0 bridgehead atoms. The van der Waals surface area contributed by atoms with Gasteiger partial charge in [0.2, 0.25) is 0 Å². The summed E-state index contributed by atoms with van der Waals surface area (Å²) in [5.74, 6) is 1.33. The van der Waals surface area contributed by atoms with Gasteiger partial charge in [0.15, 0.2) is 0 Å². The molecule has 1 aliphatic rings. The van der Waals surface area contributed by atoms with Crippen LogP contribution in [-0.4, -0.2) is 16.8 Å². The minimum Gasteiger partial charge on any atom is -0.481 e. The summed E-state index contributed by atoms with van der Waals surface area (Å²) in [4.78, 5) is 10.4. The van der Waals surface area contributed by atoms with Crippen molar-refractivity contribution in [2.45, 2.75) is 84.0 Å². The Hall–Kier alpha value is -0.440. The minimum atomic E-state index is -0.732. The van der Waals surface area contributed by atoms with Gasteiger partial charge in [-0.2, -0.15) is 0 Å². The molecular weight excluding hydrogens is 292 g/mol. The zero-order valence-electron chi connectivity index (χ0n) is 14.3. The van der Waals surface area contributed by atoms with Gasteiger partial charge in [-0.15, -0.1) is 11.8 Å². The normalized spacial score (nSPS) is 21.7. The molecule has 0 aromatic carbocycles. The third-order valence-corrected chi connectivity index (χ3v) is 5.65. The van der Waals surface area contributed by atoms with E-state index in [1.165, 1.54) is 82.4 Å². The average Bonchev–Trinajstić information content (AvgIpc) is 2.93. The van der Waals surface area contributed by atoms with Gasteiger partial charge < -0.3 is 5.11 Å². The molecule has 0 amide bonds. The first-order valence-corrected chi connectivity index (χ1v) is 10.3. The summed E-state index contributed by atoms with van der Waals surface area (Å²) in [5, 5.41) is 10.5. The van der Waals surface area contributed by atoms with Crippen LogP contribution in [0.25, 0.3) is 0 Å². The van der Waals surface area contributed by atoms with Gasteiger partial charge in [-0.25, -0.2) is 0 Å². The van der Waals surface area contributed by atoms with Gasteiger partial charge in [0, 0.05) is 0 Å². The third kappa shape index (κ3) is 9.55. The second kappa shape index (κ2) is 13.0. The Morgan fingerprint density at radius 2 is 1.77 bits per heavy atom. The summed E-state index contributed by atoms with van der Waals surface area (Å²) < 4.78 is 0. The Morgan fingerprint density at radius 3 is 2.50 bits per heavy atom. The fourth-order valence-electron chi connectivity index (χ4n) is 3.63. The molecule has 0 unspecified atom stereocenters. The number of hydrogen-bond acceptors (Lipinski definition) is 2. The lowest BCUT2D eigenvalue weighted by Gasteiger charge is -2.18. The minimum absolute atomic E-state index is 0.181. The fourth-order valence-corrected chi connectivity index (χ4v) is 4.14. The number of carboxylic acids is 1. The van der Waals surface area contributed by atoms with Crippen molar-refractivity contribution >= 4 is 17.7 Å². The Morgan fingerprint density at radius 1 is 1.09 bits per heavy atom. The van der Waals surface area contributed by atoms with Crippen LogP contribution in [0.4, 0.5) is 0 Å². The largest absolute Gasteiger partial charge is 0.481 e. The Bertz CT molecular complexity index is 315. The number of unbranched alkanes of at least 4 members (excludes halogenated alkanes) is 5. The second-order valence-corrected chi connectivity index (χ2v) is 7.56. The van der Waals surface area contributed by atoms with Crippen LogP contribution in [0.2, 0.25) is 0 Å². The first-order valence-electron chi connectivity index (χ1n) is 9.22. The summed E-state index contributed by atoms with van der Waals surface area (Å²) in [6.45, 7) is 2.28. The molecule has 1 aliphatic carbocycles. The van der Waals surface area contributed by atoms with Gasteiger partial charge in [0.05, 0.1) is 5.75 Å². The van der Waals surface area contributed by atoms with E-state index < -0.39 is 5.97 Å². The second-order valence-electron chi connectivity index (χ2n) is 6.66. The van der Waals surface area contributed by atoms with Crippen LogP contribution in [-0.2, 0) is 4.79 Å². The van der Waals surface area contributed by atoms with E-state index in [9.17, 15) is 4.79 Å². The first-order chi connectivity index (χ1) is 10.7. The maximum atomic E-state index is 10.4. The molecule has 0 saturated heterocycles. The van der Waals surface area contributed by atoms with Crippen LogP contribution in [0.5, 0.6) is 0 Å². The molecule has 1 rings (SSSR count). The SMILES string of the molecule is CCCCCCCC[C@H]1CCC[C@@H]1CCC=CSCC(=O)O. The van der Waals surface area contributed by atoms with E-state index in [4.69, 9.17) is 5.11 Å². The predicted molar refractivity (Wildman–Crippen MR) is 97.3 cm³/mol.